The van der Waals surface area contributed by atoms with Crippen LogP contribution < -0.4 is 16.0 Å². The van der Waals surface area contributed by atoms with Crippen molar-refractivity contribution >= 4 is 29.3 Å². The van der Waals surface area contributed by atoms with E-state index in [1.807, 2.05) is 36.0 Å². The fourth-order valence-corrected chi connectivity index (χ4v) is 4.56. The molecular weight excluding hydrogens is 346 g/mol. The molecule has 2 aliphatic rings. The first-order valence-corrected chi connectivity index (χ1v) is 10.8. The summed E-state index contributed by atoms with van der Waals surface area (Å²) in [6.45, 7) is 1.47. The van der Waals surface area contributed by atoms with Crippen LogP contribution in [-0.4, -0.2) is 35.9 Å². The Bertz CT molecular complexity index is 611. The molecule has 1 saturated carbocycles. The molecule has 1 aromatic carbocycles. The normalized spacial score (nSPS) is 21.2. The van der Waals surface area contributed by atoms with Crippen LogP contribution >= 0.6 is 11.8 Å². The first kappa shape index (κ1) is 19.2. The third-order valence-electron chi connectivity index (χ3n) is 5.09. The van der Waals surface area contributed by atoms with Crippen LogP contribution in [0.25, 0.3) is 0 Å². The molecule has 1 aliphatic heterocycles. The SMILES string of the molecule is O=C(CC1CSCCN1)NCc1cccc(NC(=O)C2CCCCC2)c1. The summed E-state index contributed by atoms with van der Waals surface area (Å²) in [5.41, 5.74) is 1.82. The van der Waals surface area contributed by atoms with Gasteiger partial charge in [0.25, 0.3) is 0 Å². The van der Waals surface area contributed by atoms with E-state index in [0.29, 0.717) is 13.0 Å². The lowest BCUT2D eigenvalue weighted by Crippen LogP contribution is -2.41. The van der Waals surface area contributed by atoms with Gasteiger partial charge in [-0.2, -0.15) is 11.8 Å². The first-order chi connectivity index (χ1) is 12.7. The highest BCUT2D eigenvalue weighted by atomic mass is 32.2. The van der Waals surface area contributed by atoms with Gasteiger partial charge in [0.1, 0.15) is 0 Å². The van der Waals surface area contributed by atoms with Crippen molar-refractivity contribution in [2.45, 2.75) is 51.1 Å². The van der Waals surface area contributed by atoms with Gasteiger partial charge in [-0.15, -0.1) is 0 Å². The molecule has 2 amide bonds. The molecule has 1 saturated heterocycles. The third kappa shape index (κ3) is 6.02. The molecule has 26 heavy (non-hydrogen) atoms. The molecule has 142 valence electrons. The highest BCUT2D eigenvalue weighted by molar-refractivity contribution is 7.99. The summed E-state index contributed by atoms with van der Waals surface area (Å²) < 4.78 is 0. The summed E-state index contributed by atoms with van der Waals surface area (Å²) in [5.74, 6) is 2.47. The van der Waals surface area contributed by atoms with Gasteiger partial charge in [-0.3, -0.25) is 9.59 Å². The molecule has 1 aliphatic carbocycles. The fraction of sp³-hybridized carbons (Fsp3) is 0.600. The molecule has 1 atom stereocenters. The van der Waals surface area contributed by atoms with Crippen molar-refractivity contribution < 1.29 is 9.59 Å². The number of nitrogens with one attached hydrogen (secondary N) is 3. The van der Waals surface area contributed by atoms with Gasteiger partial charge >= 0.3 is 0 Å². The maximum absolute atomic E-state index is 12.4. The molecule has 3 N–H and O–H groups in total. The van der Waals surface area contributed by atoms with Gasteiger partial charge in [0, 0.05) is 48.7 Å². The van der Waals surface area contributed by atoms with Crippen molar-refractivity contribution in [3.8, 4) is 0 Å². The Morgan fingerprint density at radius 3 is 2.81 bits per heavy atom. The largest absolute Gasteiger partial charge is 0.352 e. The van der Waals surface area contributed by atoms with E-state index in [4.69, 9.17) is 0 Å². The zero-order chi connectivity index (χ0) is 18.2. The van der Waals surface area contributed by atoms with Crippen LogP contribution in [0.4, 0.5) is 5.69 Å². The van der Waals surface area contributed by atoms with Crippen molar-refractivity contribution in [3.63, 3.8) is 0 Å². The molecule has 0 radical (unpaired) electrons. The quantitative estimate of drug-likeness (QED) is 0.715. The third-order valence-corrected chi connectivity index (χ3v) is 6.22. The van der Waals surface area contributed by atoms with Crippen LogP contribution in [0.1, 0.15) is 44.1 Å². The molecule has 2 fully saturated rings. The number of rotatable bonds is 6. The summed E-state index contributed by atoms with van der Waals surface area (Å²) in [5, 5.41) is 9.41. The summed E-state index contributed by atoms with van der Waals surface area (Å²) in [6.07, 6.45) is 6.06. The number of hydrogen-bond acceptors (Lipinski definition) is 4. The molecule has 6 heteroatoms. The topological polar surface area (TPSA) is 70.2 Å². The molecule has 0 bridgehead atoms. The van der Waals surface area contributed by atoms with Gasteiger partial charge in [-0.1, -0.05) is 31.4 Å². The van der Waals surface area contributed by atoms with E-state index in [9.17, 15) is 9.59 Å². The molecule has 1 aromatic rings. The van der Waals surface area contributed by atoms with Crippen molar-refractivity contribution in [3.05, 3.63) is 29.8 Å². The molecule has 1 unspecified atom stereocenters. The van der Waals surface area contributed by atoms with Crippen molar-refractivity contribution in [1.29, 1.82) is 0 Å². The Kier molecular flexibility index (Phi) is 7.38. The van der Waals surface area contributed by atoms with Gasteiger partial charge < -0.3 is 16.0 Å². The highest BCUT2D eigenvalue weighted by Crippen LogP contribution is 2.25. The Hall–Kier alpha value is -1.53. The van der Waals surface area contributed by atoms with E-state index in [1.165, 1.54) is 6.42 Å². The predicted octanol–water partition coefficient (Wildman–Crippen LogP) is 2.92. The van der Waals surface area contributed by atoms with E-state index in [2.05, 4.69) is 16.0 Å². The minimum Gasteiger partial charge on any atom is -0.352 e. The van der Waals surface area contributed by atoms with Crippen molar-refractivity contribution in [2.75, 3.05) is 23.4 Å². The minimum absolute atomic E-state index is 0.0710. The van der Waals surface area contributed by atoms with Gasteiger partial charge in [-0.25, -0.2) is 0 Å². The molecule has 1 heterocycles. The van der Waals surface area contributed by atoms with Crippen molar-refractivity contribution in [1.82, 2.24) is 10.6 Å². The molecule has 0 aromatic heterocycles. The lowest BCUT2D eigenvalue weighted by molar-refractivity contribution is -0.122. The van der Waals surface area contributed by atoms with E-state index < -0.39 is 0 Å². The van der Waals surface area contributed by atoms with Crippen LogP contribution in [0.3, 0.4) is 0 Å². The summed E-state index contributed by atoms with van der Waals surface area (Å²) in [6, 6.07) is 8.04. The van der Waals surface area contributed by atoms with Gasteiger partial charge in [0.15, 0.2) is 0 Å². The van der Waals surface area contributed by atoms with Gasteiger partial charge in [0.05, 0.1) is 0 Å². The second kappa shape index (κ2) is 9.97. The minimum atomic E-state index is 0.0710. The predicted molar refractivity (Wildman–Crippen MR) is 107 cm³/mol. The van der Waals surface area contributed by atoms with Crippen LogP contribution in [0.15, 0.2) is 24.3 Å². The van der Waals surface area contributed by atoms with Crippen molar-refractivity contribution in [2.24, 2.45) is 5.92 Å². The van der Waals surface area contributed by atoms with E-state index in [-0.39, 0.29) is 23.8 Å². The maximum atomic E-state index is 12.4. The maximum Gasteiger partial charge on any atom is 0.227 e. The monoisotopic (exact) mass is 375 g/mol. The smallest absolute Gasteiger partial charge is 0.227 e. The zero-order valence-electron chi connectivity index (χ0n) is 15.3. The Morgan fingerprint density at radius 2 is 2.04 bits per heavy atom. The van der Waals surface area contributed by atoms with Gasteiger partial charge in [0.2, 0.25) is 11.8 Å². The van der Waals surface area contributed by atoms with E-state index >= 15 is 0 Å². The van der Waals surface area contributed by atoms with Crippen LogP contribution in [0, 0.1) is 5.92 Å². The first-order valence-electron chi connectivity index (χ1n) is 9.68. The Morgan fingerprint density at radius 1 is 1.19 bits per heavy atom. The fourth-order valence-electron chi connectivity index (χ4n) is 3.62. The van der Waals surface area contributed by atoms with Gasteiger partial charge in [-0.05, 0) is 30.5 Å². The molecule has 3 rings (SSSR count). The van der Waals surface area contributed by atoms with E-state index in [1.54, 1.807) is 0 Å². The van der Waals surface area contributed by atoms with Crippen LogP contribution in [0.5, 0.6) is 0 Å². The number of thioether (sulfide) groups is 1. The Balaban J connectivity index is 1.45. The number of amides is 2. The Labute approximate surface area is 160 Å². The highest BCUT2D eigenvalue weighted by Gasteiger charge is 2.21. The number of carbonyl (C=O) groups excluding carboxylic acids is 2. The summed E-state index contributed by atoms with van der Waals surface area (Å²) in [4.78, 5) is 24.5. The summed E-state index contributed by atoms with van der Waals surface area (Å²) in [7, 11) is 0. The van der Waals surface area contributed by atoms with Crippen LogP contribution in [0.2, 0.25) is 0 Å². The van der Waals surface area contributed by atoms with Crippen LogP contribution in [-0.2, 0) is 16.1 Å². The lowest BCUT2D eigenvalue weighted by atomic mass is 9.88. The average Bonchev–Trinajstić information content (AvgIpc) is 2.68. The number of anilines is 1. The van der Waals surface area contributed by atoms with E-state index in [0.717, 1.165) is 55.0 Å². The lowest BCUT2D eigenvalue weighted by Gasteiger charge is -2.22. The second-order valence-corrected chi connectivity index (χ2v) is 8.38. The number of benzene rings is 1. The standard InChI is InChI=1S/C20H29N3O2S/c24-19(12-18-14-26-10-9-21-18)22-13-15-5-4-8-17(11-15)23-20(25)16-6-2-1-3-7-16/h4-5,8,11,16,18,21H,1-3,6-7,9-10,12-14H2,(H,22,24)(H,23,25). The zero-order valence-corrected chi connectivity index (χ0v) is 16.1. The average molecular weight is 376 g/mol. The molecule has 5 nitrogen and oxygen atoms in total. The number of carbonyl (C=O) groups is 2. The molecule has 0 spiro atoms. The second-order valence-electron chi connectivity index (χ2n) is 7.23. The summed E-state index contributed by atoms with van der Waals surface area (Å²) >= 11 is 1.90. The number of hydrogen-bond donors (Lipinski definition) is 3. The molecular formula is C20H29N3O2S.